The normalized spacial score (nSPS) is 13.0. The largest absolute Gasteiger partial charge is 0.115 e. The van der Waals surface area contributed by atoms with E-state index in [1.807, 2.05) is 6.08 Å². The van der Waals surface area contributed by atoms with Crippen molar-refractivity contribution in [3.8, 4) is 12.3 Å². The molecule has 0 unspecified atom stereocenters. The van der Waals surface area contributed by atoms with E-state index in [1.165, 1.54) is 24.8 Å². The Labute approximate surface area is 95.5 Å². The van der Waals surface area contributed by atoms with Gasteiger partial charge in [-0.25, -0.2) is 0 Å². The third-order valence-corrected chi connectivity index (χ3v) is 2.62. The Morgan fingerprint density at radius 1 is 1.33 bits per heavy atom. The van der Waals surface area contributed by atoms with Crippen LogP contribution in [-0.2, 0) is 0 Å². The summed E-state index contributed by atoms with van der Waals surface area (Å²) >= 11 is 0. The van der Waals surface area contributed by atoms with E-state index in [-0.39, 0.29) is 5.41 Å². The molecule has 0 aliphatic carbocycles. The molecule has 0 saturated heterocycles. The van der Waals surface area contributed by atoms with Crippen LogP contribution in [0.2, 0.25) is 0 Å². The first-order chi connectivity index (χ1) is 6.97. The standard InChI is InChI=1S/C15H24/c1-7-10-11-12-14(15(4,5)6)13(8-2)9-3/h2,9H,3,7,10-12H2,1,4-6H3/b14-13+. The summed E-state index contributed by atoms with van der Waals surface area (Å²) in [5, 5.41) is 0. The van der Waals surface area contributed by atoms with E-state index in [4.69, 9.17) is 6.42 Å². The maximum atomic E-state index is 5.51. The molecule has 0 heteroatoms. The first-order valence-electron chi connectivity index (χ1n) is 5.80. The lowest BCUT2D eigenvalue weighted by atomic mass is 9.80. The molecule has 0 aliphatic heterocycles. The van der Waals surface area contributed by atoms with Gasteiger partial charge in [-0.05, 0) is 23.8 Å². The molecule has 0 amide bonds. The number of rotatable bonds is 5. The van der Waals surface area contributed by atoms with Gasteiger partial charge in [0.15, 0.2) is 0 Å². The fourth-order valence-electron chi connectivity index (χ4n) is 1.73. The molecule has 0 aromatic heterocycles. The van der Waals surface area contributed by atoms with Crippen LogP contribution in [-0.4, -0.2) is 0 Å². The molecule has 0 fully saturated rings. The van der Waals surface area contributed by atoms with Crippen LogP contribution in [0.4, 0.5) is 0 Å². The highest BCUT2D eigenvalue weighted by Crippen LogP contribution is 2.32. The van der Waals surface area contributed by atoms with Crippen molar-refractivity contribution in [3.63, 3.8) is 0 Å². The number of hydrogen-bond acceptors (Lipinski definition) is 0. The molecule has 0 atom stereocenters. The van der Waals surface area contributed by atoms with Crippen LogP contribution >= 0.6 is 0 Å². The fraction of sp³-hybridized carbons (Fsp3) is 0.600. The first kappa shape index (κ1) is 14.0. The van der Waals surface area contributed by atoms with Crippen LogP contribution in [0.25, 0.3) is 0 Å². The summed E-state index contributed by atoms with van der Waals surface area (Å²) in [5.41, 5.74) is 2.51. The third kappa shape index (κ3) is 4.88. The summed E-state index contributed by atoms with van der Waals surface area (Å²) in [6, 6.07) is 0. The first-order valence-corrected chi connectivity index (χ1v) is 5.80. The van der Waals surface area contributed by atoms with E-state index in [0.29, 0.717) is 0 Å². The van der Waals surface area contributed by atoms with Crippen LogP contribution in [0.15, 0.2) is 23.8 Å². The zero-order valence-corrected chi connectivity index (χ0v) is 10.7. The highest BCUT2D eigenvalue weighted by atomic mass is 14.2. The van der Waals surface area contributed by atoms with Crippen LogP contribution in [0.5, 0.6) is 0 Å². The zero-order chi connectivity index (χ0) is 11.9. The van der Waals surface area contributed by atoms with Gasteiger partial charge in [-0.2, -0.15) is 0 Å². The molecule has 0 nitrogen and oxygen atoms in total. The van der Waals surface area contributed by atoms with Gasteiger partial charge in [0.25, 0.3) is 0 Å². The van der Waals surface area contributed by atoms with E-state index >= 15 is 0 Å². The summed E-state index contributed by atoms with van der Waals surface area (Å²) in [7, 11) is 0. The molecule has 0 rings (SSSR count). The second kappa shape index (κ2) is 6.51. The third-order valence-electron chi connectivity index (χ3n) is 2.62. The maximum Gasteiger partial charge on any atom is 0.0234 e. The van der Waals surface area contributed by atoms with Gasteiger partial charge in [-0.3, -0.25) is 0 Å². The van der Waals surface area contributed by atoms with Gasteiger partial charge in [0.05, 0.1) is 0 Å². The quantitative estimate of drug-likeness (QED) is 0.345. The molecule has 0 aromatic rings. The topological polar surface area (TPSA) is 0 Å². The summed E-state index contributed by atoms with van der Waals surface area (Å²) in [6.45, 7) is 12.7. The Morgan fingerprint density at radius 3 is 2.27 bits per heavy atom. The van der Waals surface area contributed by atoms with E-state index in [2.05, 4.69) is 40.2 Å². The Morgan fingerprint density at radius 2 is 1.93 bits per heavy atom. The monoisotopic (exact) mass is 204 g/mol. The van der Waals surface area contributed by atoms with Crippen LogP contribution in [0, 0.1) is 17.8 Å². The van der Waals surface area contributed by atoms with Gasteiger partial charge in [-0.1, -0.05) is 59.1 Å². The van der Waals surface area contributed by atoms with Crippen molar-refractivity contribution in [3.05, 3.63) is 23.8 Å². The molecule has 0 spiro atoms. The Bertz CT molecular complexity index is 265. The average molecular weight is 204 g/mol. The lowest BCUT2D eigenvalue weighted by Crippen LogP contribution is -2.11. The van der Waals surface area contributed by atoms with Crippen LogP contribution < -0.4 is 0 Å². The Kier molecular flexibility index (Phi) is 6.09. The highest BCUT2D eigenvalue weighted by molar-refractivity contribution is 5.41. The van der Waals surface area contributed by atoms with Crippen molar-refractivity contribution < 1.29 is 0 Å². The van der Waals surface area contributed by atoms with Crippen molar-refractivity contribution in [2.75, 3.05) is 0 Å². The molecule has 0 radical (unpaired) electrons. The minimum atomic E-state index is 0.156. The van der Waals surface area contributed by atoms with E-state index in [1.54, 1.807) is 0 Å². The minimum Gasteiger partial charge on any atom is -0.115 e. The average Bonchev–Trinajstić information content (AvgIpc) is 2.16. The predicted molar refractivity (Wildman–Crippen MR) is 69.7 cm³/mol. The molecular weight excluding hydrogens is 180 g/mol. The lowest BCUT2D eigenvalue weighted by molar-refractivity contribution is 0.471. The van der Waals surface area contributed by atoms with Gasteiger partial charge in [0.2, 0.25) is 0 Å². The number of unbranched alkanes of at least 4 members (excludes halogenated alkanes) is 2. The summed E-state index contributed by atoms with van der Waals surface area (Å²) < 4.78 is 0. The molecular formula is C15H24. The Balaban J connectivity index is 4.83. The second-order valence-electron chi connectivity index (χ2n) is 4.95. The van der Waals surface area contributed by atoms with Crippen LogP contribution in [0.1, 0.15) is 53.4 Å². The molecule has 84 valence electrons. The molecule has 0 N–H and O–H groups in total. The Hall–Kier alpha value is -0.960. The van der Waals surface area contributed by atoms with Crippen molar-refractivity contribution in [2.45, 2.75) is 53.4 Å². The second-order valence-corrected chi connectivity index (χ2v) is 4.95. The number of allylic oxidation sites excluding steroid dienone is 3. The fourth-order valence-corrected chi connectivity index (χ4v) is 1.73. The molecule has 0 aromatic carbocycles. The smallest absolute Gasteiger partial charge is 0.0234 e. The number of hydrogen-bond donors (Lipinski definition) is 0. The molecule has 0 saturated carbocycles. The lowest BCUT2D eigenvalue weighted by Gasteiger charge is -2.24. The summed E-state index contributed by atoms with van der Waals surface area (Å²) in [4.78, 5) is 0. The van der Waals surface area contributed by atoms with Gasteiger partial charge < -0.3 is 0 Å². The molecule has 0 aliphatic rings. The number of terminal acetylenes is 1. The minimum absolute atomic E-state index is 0.156. The molecule has 0 bridgehead atoms. The van der Waals surface area contributed by atoms with Gasteiger partial charge >= 0.3 is 0 Å². The van der Waals surface area contributed by atoms with Crippen LogP contribution in [0.3, 0.4) is 0 Å². The molecule has 0 heterocycles. The summed E-state index contributed by atoms with van der Waals surface area (Å²) in [5.74, 6) is 2.75. The van der Waals surface area contributed by atoms with Crippen molar-refractivity contribution in [1.82, 2.24) is 0 Å². The summed E-state index contributed by atoms with van der Waals surface area (Å²) in [6.07, 6.45) is 12.2. The van der Waals surface area contributed by atoms with Gasteiger partial charge in [-0.15, -0.1) is 6.42 Å². The predicted octanol–water partition coefficient (Wildman–Crippen LogP) is 4.73. The van der Waals surface area contributed by atoms with E-state index < -0.39 is 0 Å². The van der Waals surface area contributed by atoms with Crippen molar-refractivity contribution >= 4 is 0 Å². The van der Waals surface area contributed by atoms with Crippen molar-refractivity contribution in [2.24, 2.45) is 5.41 Å². The maximum absolute atomic E-state index is 5.51. The van der Waals surface area contributed by atoms with E-state index in [9.17, 15) is 0 Å². The zero-order valence-electron chi connectivity index (χ0n) is 10.7. The van der Waals surface area contributed by atoms with E-state index in [0.717, 1.165) is 12.0 Å². The molecule has 15 heavy (non-hydrogen) atoms. The highest BCUT2D eigenvalue weighted by Gasteiger charge is 2.18. The SMILES string of the molecule is C#C/C(C=C)=C(/CCCCC)C(C)(C)C. The van der Waals surface area contributed by atoms with Gasteiger partial charge in [0.1, 0.15) is 0 Å². The van der Waals surface area contributed by atoms with Crippen molar-refractivity contribution in [1.29, 1.82) is 0 Å². The van der Waals surface area contributed by atoms with Gasteiger partial charge in [0, 0.05) is 5.57 Å².